The van der Waals surface area contributed by atoms with Gasteiger partial charge in [0.1, 0.15) is 52.3 Å². The van der Waals surface area contributed by atoms with E-state index in [1.54, 1.807) is 109 Å². The van der Waals surface area contributed by atoms with Crippen LogP contribution in [0.2, 0.25) is 0 Å². The zero-order valence-corrected chi connectivity index (χ0v) is 78.0. The number of cyclic esters (lactones) is 2. The molecule has 0 spiro atoms. The number of amides is 1. The molecule has 0 saturated carbocycles. The van der Waals surface area contributed by atoms with Gasteiger partial charge in [-0.2, -0.15) is 21.0 Å². The van der Waals surface area contributed by atoms with Gasteiger partial charge in [-0.3, -0.25) is 24.0 Å². The molecular weight excluding hydrogens is 1830 g/mol. The monoisotopic (exact) mass is 1910 g/mol. The van der Waals surface area contributed by atoms with E-state index in [0.29, 0.717) is 95.0 Å². The van der Waals surface area contributed by atoms with E-state index in [1.165, 1.54) is 78.2 Å². The Morgan fingerprint density at radius 3 is 1.46 bits per heavy atom. The number of carbonyl (C=O) groups excluding carboxylic acids is 8. The third-order valence-corrected chi connectivity index (χ3v) is 22.9. The fraction of sp³-hybridized carbons (Fsp3) is 0.0500. The molecule has 1 aliphatic carbocycles. The van der Waals surface area contributed by atoms with E-state index in [9.17, 15) is 58.5 Å². The SMILES string of the molecule is COC(=O)c1cc(NC(=O)C(C#N)=Cc2ccc(OC)c(OC)c2)cc(C(=O)OC)c1.COC(=O)c1cc2ccccc2c2ccccc12.N#CC(=Cc1ccc2c(c1)OCO2)C(=O)c1ccccc1.N#Cc1cc2ccccc2cc1C#N.O=C1OC(=O)c2cccc3cccc1c23.O=C1c2ccccc2-c2ccccc21.O=c1cc(-c2ccccc2)oc2ccccc12.O=c1ccoc2c1ccc1ccccc12. The number of ether oxygens (including phenoxy) is 8. The fourth-order valence-electron chi connectivity index (χ4n) is 16.0. The van der Waals surface area contributed by atoms with Gasteiger partial charge in [-0.1, -0.05) is 261 Å². The zero-order valence-electron chi connectivity index (χ0n) is 78.0. The van der Waals surface area contributed by atoms with Crippen LogP contribution in [0.25, 0.3) is 110 Å². The highest BCUT2D eigenvalue weighted by atomic mass is 16.7. The van der Waals surface area contributed by atoms with Crippen LogP contribution in [0.4, 0.5) is 5.69 Å². The summed E-state index contributed by atoms with van der Waals surface area (Å²) in [7, 11) is 6.74. The number of benzene rings is 17. The lowest BCUT2D eigenvalue weighted by Crippen LogP contribution is -2.19. The Morgan fingerprint density at radius 1 is 0.366 bits per heavy atom. The molecule has 0 bridgehead atoms. The summed E-state index contributed by atoms with van der Waals surface area (Å²) in [6.45, 7) is 0.191. The molecule has 0 saturated heterocycles. The molecule has 22 rings (SSSR count). The van der Waals surface area contributed by atoms with E-state index in [-0.39, 0.29) is 63.1 Å². The van der Waals surface area contributed by atoms with Crippen LogP contribution in [0.3, 0.4) is 0 Å². The Labute approximate surface area is 828 Å². The van der Waals surface area contributed by atoms with E-state index in [4.69, 9.17) is 43.0 Å². The van der Waals surface area contributed by atoms with Crippen molar-refractivity contribution in [3.8, 4) is 69.7 Å². The van der Waals surface area contributed by atoms with Crippen molar-refractivity contribution < 1.29 is 85.1 Å². The van der Waals surface area contributed by atoms with Gasteiger partial charge < -0.3 is 52.0 Å². The van der Waals surface area contributed by atoms with Crippen LogP contribution in [0, 0.1) is 45.3 Å². The predicted molar refractivity (Wildman–Crippen MR) is 551 cm³/mol. The van der Waals surface area contributed by atoms with Gasteiger partial charge in [-0.05, 0) is 168 Å². The molecular formula is C120H81N5O20. The lowest BCUT2D eigenvalue weighted by molar-refractivity contribution is -0.112. The molecule has 1 N–H and O–H groups in total. The second-order valence-corrected chi connectivity index (χ2v) is 31.7. The smallest absolute Gasteiger partial charge is 0.346 e. The van der Waals surface area contributed by atoms with E-state index >= 15 is 0 Å². The molecule has 0 atom stereocenters. The first-order chi connectivity index (χ1) is 70.6. The molecule has 0 radical (unpaired) electrons. The molecule has 3 aliphatic rings. The van der Waals surface area contributed by atoms with Crippen LogP contribution < -0.4 is 35.1 Å². The summed E-state index contributed by atoms with van der Waals surface area (Å²) in [5.41, 5.74) is 10.2. The average Bonchev–Trinajstić information content (AvgIpc) is 1.69. The molecule has 1 amide bonds. The van der Waals surface area contributed by atoms with Gasteiger partial charge in [-0.15, -0.1) is 0 Å². The highest BCUT2D eigenvalue weighted by Crippen LogP contribution is 2.39. The summed E-state index contributed by atoms with van der Waals surface area (Å²) >= 11 is 0. The Bertz CT molecular complexity index is 8520. The van der Waals surface area contributed by atoms with Crippen molar-refractivity contribution in [2.24, 2.45) is 0 Å². The van der Waals surface area contributed by atoms with Crippen LogP contribution in [0.1, 0.15) is 100 Å². The van der Waals surface area contributed by atoms with E-state index in [1.807, 2.05) is 249 Å². The number of ketones is 2. The standard InChI is InChI=1S/C22H20N2O7.C17H11NO3.C16H12O2.C15H10O2.C13H8O2.C13H8O.C12H6N2.C12H6O3/c1-28-18-6-5-13(8-19(18)29-2)7-16(12-23)20(25)24-17-10-14(21(26)30-3)9-15(11-17)22(27)31-4;18-10-14(17(19)13-4-2-1-3-5-13)8-12-6-7-15-16(9-12)21-11-20-15;1-18-16(17)15-10-11-6-2-3-7-12(11)13-8-4-5-9-14(13)15;16-13-10-15(11-6-2-1-3-7-11)17-14-9-5-4-8-12(13)14;14-12-7-8-15-13-10-4-2-1-3-9(10)5-6-11(12)13;14-13-11-7-3-1-5-9(11)10-6-2-4-8-12(10)13;13-7-11-5-9-3-1-2-4-10(9)6-12(11)8-14;13-11-8-5-1-3-7-4-2-6-9(10(7)8)12(14)15-11/h5-11H,1-4H3,(H,24,25);1-9H,11H2;2-10H,1H3;1-10H;1-8H;1-8H;1-6H;1-6H. The van der Waals surface area contributed by atoms with Crippen molar-refractivity contribution in [2.75, 3.05) is 47.7 Å². The van der Waals surface area contributed by atoms with Crippen LogP contribution >= 0.6 is 0 Å². The number of esters is 5. The molecule has 19 aromatic rings. The number of anilines is 1. The molecule has 17 aromatic carbocycles. The summed E-state index contributed by atoms with van der Waals surface area (Å²) in [5, 5.41) is 49.9. The summed E-state index contributed by atoms with van der Waals surface area (Å²) in [5.74, 6) is -0.902. The molecule has 2 aromatic heterocycles. The molecule has 145 heavy (non-hydrogen) atoms. The van der Waals surface area contributed by atoms with Crippen LogP contribution in [-0.4, -0.2) is 89.7 Å². The molecule has 4 heterocycles. The van der Waals surface area contributed by atoms with Gasteiger partial charge in [0.15, 0.2) is 39.6 Å². The molecule has 0 unspecified atom stereocenters. The maximum atomic E-state index is 12.6. The largest absolute Gasteiger partial charge is 0.493 e. The molecule has 25 heteroatoms. The summed E-state index contributed by atoms with van der Waals surface area (Å²) in [6.07, 6.45) is 4.36. The average molecular weight is 1910 g/mol. The highest BCUT2D eigenvalue weighted by Gasteiger charge is 2.29. The predicted octanol–water partition coefficient (Wildman–Crippen LogP) is 23.8. The van der Waals surface area contributed by atoms with Crippen molar-refractivity contribution in [3.63, 3.8) is 0 Å². The van der Waals surface area contributed by atoms with E-state index in [0.717, 1.165) is 81.9 Å². The van der Waals surface area contributed by atoms with Crippen molar-refractivity contribution >= 4 is 141 Å². The molecule has 0 fully saturated rings. The molecule has 706 valence electrons. The topological polar surface area (TPSA) is 378 Å². The van der Waals surface area contributed by atoms with Gasteiger partial charge >= 0.3 is 29.8 Å². The summed E-state index contributed by atoms with van der Waals surface area (Å²) in [6, 6.07) is 117. The second-order valence-electron chi connectivity index (χ2n) is 31.7. The lowest BCUT2D eigenvalue weighted by atomic mass is 9.97. The highest BCUT2D eigenvalue weighted by molar-refractivity contribution is 6.23. The first-order valence-electron chi connectivity index (χ1n) is 44.5. The number of para-hydroxylation sites is 1. The van der Waals surface area contributed by atoms with Gasteiger partial charge in [0.2, 0.25) is 12.6 Å². The van der Waals surface area contributed by atoms with Gasteiger partial charge in [0.05, 0.1) is 91.5 Å². The Kier molecular flexibility index (Phi) is 31.8. The number of allylic oxidation sites excluding steroid dienone is 1. The lowest BCUT2D eigenvalue weighted by Gasteiger charge is -2.14. The van der Waals surface area contributed by atoms with Gasteiger partial charge in [0, 0.05) is 50.8 Å². The minimum Gasteiger partial charge on any atom is -0.493 e. The third kappa shape index (κ3) is 23.0. The number of Topliss-reactive ketones (excluding diaryl/α,β-unsaturated/α-hetero) is 1. The number of carbonyl (C=O) groups is 8. The van der Waals surface area contributed by atoms with E-state index < -0.39 is 29.8 Å². The quantitative estimate of drug-likeness (QED) is 0.0226. The van der Waals surface area contributed by atoms with Crippen molar-refractivity contribution in [2.45, 2.75) is 0 Å². The Morgan fingerprint density at radius 2 is 0.862 bits per heavy atom. The number of hydrogen-bond acceptors (Lipinski definition) is 24. The normalized spacial score (nSPS) is 11.4. The summed E-state index contributed by atoms with van der Waals surface area (Å²) in [4.78, 5) is 119. The van der Waals surface area contributed by atoms with Crippen molar-refractivity contribution in [1.29, 1.82) is 21.0 Å². The first kappa shape index (κ1) is 99.0. The number of fused-ring (bicyclic) bond motifs is 12. The Balaban J connectivity index is 0.000000126. The number of hydrogen-bond donors (Lipinski definition) is 1. The number of nitrogens with zero attached hydrogens (tertiary/aromatic N) is 4. The zero-order chi connectivity index (χ0) is 102. The van der Waals surface area contributed by atoms with Crippen LogP contribution in [-0.2, 0) is 23.7 Å². The minimum absolute atomic E-state index is 0.00185. The van der Waals surface area contributed by atoms with Crippen LogP contribution in [0.5, 0.6) is 23.0 Å². The first-order valence-corrected chi connectivity index (χ1v) is 44.5. The second kappa shape index (κ2) is 46.5. The number of nitrogens with one attached hydrogen (secondary N) is 1. The van der Waals surface area contributed by atoms with Gasteiger partial charge in [-0.25, -0.2) is 24.0 Å². The molecule has 2 aliphatic heterocycles. The third-order valence-electron chi connectivity index (χ3n) is 22.9. The summed E-state index contributed by atoms with van der Waals surface area (Å²) < 4.78 is 50.8. The van der Waals surface area contributed by atoms with E-state index in [2.05, 4.69) is 25.6 Å². The van der Waals surface area contributed by atoms with Crippen LogP contribution in [0.15, 0.2) is 400 Å². The maximum absolute atomic E-state index is 12.6. The van der Waals surface area contributed by atoms with Crippen molar-refractivity contribution in [1.82, 2.24) is 0 Å². The van der Waals surface area contributed by atoms with Crippen molar-refractivity contribution in [3.05, 3.63) is 469 Å². The number of nitriles is 4. The molecule has 25 nitrogen and oxygen atoms in total. The Hall–Kier alpha value is -20.5. The number of rotatable bonds is 12. The maximum Gasteiger partial charge on any atom is 0.346 e. The minimum atomic E-state index is -0.741. The van der Waals surface area contributed by atoms with Gasteiger partial charge in [0.25, 0.3) is 5.91 Å². The number of methoxy groups -OCH3 is 5. The fourth-order valence-corrected chi connectivity index (χ4v) is 16.0.